The molecule has 0 aliphatic rings. The Labute approximate surface area is 161 Å². The first-order chi connectivity index (χ1) is 11.9. The van der Waals surface area contributed by atoms with Crippen LogP contribution in [0.4, 0.5) is 0 Å². The maximum Gasteiger partial charge on any atom is 0.216 e. The molecule has 0 spiro atoms. The van der Waals surface area contributed by atoms with Gasteiger partial charge in [0, 0.05) is 14.5 Å². The SMILES string of the molecule is COc1nc2cc(C(C)(C#N)Cc3cccc(I)c3)ccc2cc1C. The molecule has 4 heteroatoms. The van der Waals surface area contributed by atoms with Crippen molar-refractivity contribution >= 4 is 33.5 Å². The van der Waals surface area contributed by atoms with E-state index in [9.17, 15) is 5.26 Å². The smallest absolute Gasteiger partial charge is 0.216 e. The van der Waals surface area contributed by atoms with Gasteiger partial charge >= 0.3 is 0 Å². The second-order valence-corrected chi connectivity index (χ2v) is 7.72. The molecule has 1 aromatic heterocycles. The average molecular weight is 442 g/mol. The van der Waals surface area contributed by atoms with Crippen molar-refractivity contribution in [1.82, 2.24) is 4.98 Å². The molecule has 0 N–H and O–H groups in total. The van der Waals surface area contributed by atoms with Gasteiger partial charge in [0.2, 0.25) is 5.88 Å². The Morgan fingerprint density at radius 1 is 1.20 bits per heavy atom. The molecular weight excluding hydrogens is 423 g/mol. The summed E-state index contributed by atoms with van der Waals surface area (Å²) < 4.78 is 6.51. The number of pyridine rings is 1. The first-order valence-corrected chi connectivity index (χ1v) is 9.14. The summed E-state index contributed by atoms with van der Waals surface area (Å²) in [6.07, 6.45) is 0.662. The summed E-state index contributed by atoms with van der Waals surface area (Å²) in [6, 6.07) is 18.9. The third kappa shape index (κ3) is 3.62. The van der Waals surface area contributed by atoms with Gasteiger partial charge in [-0.3, -0.25) is 0 Å². The van der Waals surface area contributed by atoms with Gasteiger partial charge in [-0.15, -0.1) is 0 Å². The molecule has 1 atom stereocenters. The fourth-order valence-electron chi connectivity index (χ4n) is 3.07. The summed E-state index contributed by atoms with van der Waals surface area (Å²) in [5.74, 6) is 0.626. The van der Waals surface area contributed by atoms with Crippen molar-refractivity contribution in [3.05, 3.63) is 68.8 Å². The number of nitrogens with zero attached hydrogens (tertiary/aromatic N) is 2. The Hall–Kier alpha value is -2.13. The molecule has 1 heterocycles. The van der Waals surface area contributed by atoms with Crippen LogP contribution in [0.3, 0.4) is 0 Å². The largest absolute Gasteiger partial charge is 0.481 e. The lowest BCUT2D eigenvalue weighted by Crippen LogP contribution is -2.23. The van der Waals surface area contributed by atoms with Crippen LogP contribution in [-0.2, 0) is 11.8 Å². The number of halogens is 1. The summed E-state index contributed by atoms with van der Waals surface area (Å²) in [4.78, 5) is 4.59. The molecular formula is C21H19IN2O. The minimum absolute atomic E-state index is 0.613. The quantitative estimate of drug-likeness (QED) is 0.523. The van der Waals surface area contributed by atoms with E-state index in [2.05, 4.69) is 57.9 Å². The van der Waals surface area contributed by atoms with E-state index in [4.69, 9.17) is 4.74 Å². The number of hydrogen-bond acceptors (Lipinski definition) is 3. The van der Waals surface area contributed by atoms with Crippen molar-refractivity contribution in [3.8, 4) is 11.9 Å². The molecule has 0 aliphatic carbocycles. The van der Waals surface area contributed by atoms with Crippen LogP contribution in [-0.4, -0.2) is 12.1 Å². The van der Waals surface area contributed by atoms with E-state index in [1.807, 2.05) is 38.1 Å². The van der Waals surface area contributed by atoms with Crippen LogP contribution < -0.4 is 4.74 Å². The Kier molecular flexibility index (Phi) is 4.96. The highest BCUT2D eigenvalue weighted by Crippen LogP contribution is 2.31. The fraction of sp³-hybridized carbons (Fsp3) is 0.238. The third-order valence-electron chi connectivity index (χ3n) is 4.49. The Bertz CT molecular complexity index is 977. The van der Waals surface area contributed by atoms with E-state index in [0.717, 1.165) is 27.6 Å². The Balaban J connectivity index is 2.05. The standard InChI is InChI=1S/C21H19IN2O/c1-14-9-16-7-8-17(11-19(16)24-20(14)25-3)21(2,13-23)12-15-5-4-6-18(22)10-15/h4-11H,12H2,1-3H3. The lowest BCUT2D eigenvalue weighted by Gasteiger charge is -2.23. The fourth-order valence-corrected chi connectivity index (χ4v) is 3.67. The zero-order valence-electron chi connectivity index (χ0n) is 14.5. The van der Waals surface area contributed by atoms with E-state index in [1.54, 1.807) is 7.11 Å². The zero-order valence-corrected chi connectivity index (χ0v) is 16.7. The van der Waals surface area contributed by atoms with Crippen LogP contribution in [0.5, 0.6) is 5.88 Å². The van der Waals surface area contributed by atoms with Crippen molar-refractivity contribution in [1.29, 1.82) is 5.26 Å². The molecule has 0 radical (unpaired) electrons. The lowest BCUT2D eigenvalue weighted by molar-refractivity contribution is 0.396. The molecule has 0 saturated heterocycles. The minimum Gasteiger partial charge on any atom is -0.481 e. The number of aromatic nitrogens is 1. The van der Waals surface area contributed by atoms with E-state index in [1.165, 1.54) is 3.57 Å². The number of methoxy groups -OCH3 is 1. The molecule has 0 saturated carbocycles. The van der Waals surface area contributed by atoms with Crippen molar-refractivity contribution < 1.29 is 4.74 Å². The zero-order chi connectivity index (χ0) is 18.0. The molecule has 0 aliphatic heterocycles. The number of benzene rings is 2. The van der Waals surface area contributed by atoms with Crippen molar-refractivity contribution in [2.24, 2.45) is 0 Å². The summed E-state index contributed by atoms with van der Waals surface area (Å²) in [5, 5.41) is 10.9. The van der Waals surface area contributed by atoms with E-state index in [0.29, 0.717) is 12.3 Å². The molecule has 25 heavy (non-hydrogen) atoms. The summed E-state index contributed by atoms with van der Waals surface area (Å²) in [7, 11) is 1.63. The van der Waals surface area contributed by atoms with Gasteiger partial charge in [0.1, 0.15) is 0 Å². The Morgan fingerprint density at radius 3 is 2.68 bits per heavy atom. The molecule has 3 rings (SSSR count). The van der Waals surface area contributed by atoms with Crippen LogP contribution in [0.25, 0.3) is 10.9 Å². The number of ether oxygens (including phenoxy) is 1. The van der Waals surface area contributed by atoms with Gasteiger partial charge in [-0.05, 0) is 78.3 Å². The molecule has 126 valence electrons. The molecule has 0 amide bonds. The van der Waals surface area contributed by atoms with E-state index >= 15 is 0 Å². The van der Waals surface area contributed by atoms with Crippen molar-refractivity contribution in [3.63, 3.8) is 0 Å². The predicted octanol–water partition coefficient (Wildman–Crippen LogP) is 5.18. The molecule has 0 bridgehead atoms. The monoisotopic (exact) mass is 442 g/mol. The normalized spacial score (nSPS) is 13.2. The molecule has 0 fully saturated rings. The highest BCUT2D eigenvalue weighted by atomic mass is 127. The topological polar surface area (TPSA) is 45.9 Å². The molecule has 3 aromatic rings. The lowest BCUT2D eigenvalue weighted by atomic mass is 9.78. The third-order valence-corrected chi connectivity index (χ3v) is 5.16. The number of rotatable bonds is 4. The van der Waals surface area contributed by atoms with Gasteiger partial charge in [0.15, 0.2) is 0 Å². The molecule has 1 unspecified atom stereocenters. The van der Waals surface area contributed by atoms with Crippen molar-refractivity contribution in [2.45, 2.75) is 25.7 Å². The van der Waals surface area contributed by atoms with Crippen LogP contribution in [0.2, 0.25) is 0 Å². The molecule has 2 aromatic carbocycles. The summed E-state index contributed by atoms with van der Waals surface area (Å²) >= 11 is 2.30. The van der Waals surface area contributed by atoms with Crippen LogP contribution in [0, 0.1) is 21.8 Å². The highest BCUT2D eigenvalue weighted by Gasteiger charge is 2.27. The van der Waals surface area contributed by atoms with Crippen LogP contribution in [0.15, 0.2) is 48.5 Å². The van der Waals surface area contributed by atoms with Crippen LogP contribution >= 0.6 is 22.6 Å². The second kappa shape index (κ2) is 7.01. The first-order valence-electron chi connectivity index (χ1n) is 8.07. The maximum atomic E-state index is 9.89. The van der Waals surface area contributed by atoms with Gasteiger partial charge in [-0.2, -0.15) is 5.26 Å². The number of hydrogen-bond donors (Lipinski definition) is 0. The van der Waals surface area contributed by atoms with Gasteiger partial charge in [0.05, 0.1) is 24.1 Å². The summed E-state index contributed by atoms with van der Waals surface area (Å²) in [5.41, 5.74) is 3.37. The number of nitriles is 1. The van der Waals surface area contributed by atoms with E-state index < -0.39 is 5.41 Å². The van der Waals surface area contributed by atoms with Crippen molar-refractivity contribution in [2.75, 3.05) is 7.11 Å². The summed E-state index contributed by atoms with van der Waals surface area (Å²) in [6.45, 7) is 3.97. The van der Waals surface area contributed by atoms with Crippen LogP contribution in [0.1, 0.15) is 23.6 Å². The minimum atomic E-state index is -0.613. The second-order valence-electron chi connectivity index (χ2n) is 6.47. The number of aryl methyl sites for hydroxylation is 1. The highest BCUT2D eigenvalue weighted by molar-refractivity contribution is 14.1. The van der Waals surface area contributed by atoms with E-state index in [-0.39, 0.29) is 0 Å². The van der Waals surface area contributed by atoms with Gasteiger partial charge in [-0.25, -0.2) is 4.98 Å². The first kappa shape index (κ1) is 17.7. The van der Waals surface area contributed by atoms with Gasteiger partial charge < -0.3 is 4.74 Å². The van der Waals surface area contributed by atoms with Gasteiger partial charge in [0.25, 0.3) is 0 Å². The predicted molar refractivity (Wildman–Crippen MR) is 109 cm³/mol. The molecule has 3 nitrogen and oxygen atoms in total. The van der Waals surface area contributed by atoms with Gasteiger partial charge in [-0.1, -0.05) is 24.3 Å². The number of fused-ring (bicyclic) bond motifs is 1. The maximum absolute atomic E-state index is 9.89. The Morgan fingerprint density at radius 2 is 2.00 bits per heavy atom. The average Bonchev–Trinajstić information content (AvgIpc) is 2.60.